The van der Waals surface area contributed by atoms with Crippen LogP contribution >= 0.6 is 9.24 Å². The molecule has 0 heterocycles. The summed E-state index contributed by atoms with van der Waals surface area (Å²) in [7, 11) is 3.56. The number of hydrogen-bond donors (Lipinski definition) is 0. The molecule has 1 rings (SSSR count). The zero-order chi connectivity index (χ0) is 7.40. The lowest BCUT2D eigenvalue weighted by Gasteiger charge is -2.02. The van der Waals surface area contributed by atoms with Crippen LogP contribution in [0, 0.1) is 0 Å². The van der Waals surface area contributed by atoms with E-state index < -0.39 is 0 Å². The van der Waals surface area contributed by atoms with E-state index in [2.05, 4.69) is 40.4 Å². The molecule has 1 aromatic rings. The Bertz CT molecular complexity index is 179. The molecule has 0 bridgehead atoms. The Morgan fingerprint density at radius 3 is 2.40 bits per heavy atom. The van der Waals surface area contributed by atoms with E-state index in [0.717, 1.165) is 6.42 Å². The van der Waals surface area contributed by atoms with Gasteiger partial charge in [-0.2, -0.15) is 0 Å². The molecule has 0 N–H and O–H groups in total. The highest BCUT2D eigenvalue weighted by molar-refractivity contribution is 7.17. The van der Waals surface area contributed by atoms with Gasteiger partial charge in [0.05, 0.1) is 0 Å². The maximum absolute atomic E-state index is 3.56. The summed E-state index contributed by atoms with van der Waals surface area (Å²) in [4.78, 5) is 0. The summed E-state index contributed by atoms with van der Waals surface area (Å²) in [5.74, 6) is 0. The lowest BCUT2D eigenvalue weighted by Crippen LogP contribution is -1.94. The van der Waals surface area contributed by atoms with Crippen molar-refractivity contribution in [3.63, 3.8) is 0 Å². The molecule has 1 heteroatoms. The van der Waals surface area contributed by atoms with Gasteiger partial charge in [0.25, 0.3) is 0 Å². The van der Waals surface area contributed by atoms with Crippen LogP contribution in [0.1, 0.15) is 12.5 Å². The molecule has 0 aliphatic heterocycles. The molecule has 0 nitrogen and oxygen atoms in total. The summed E-state index contributed by atoms with van der Waals surface area (Å²) in [6.45, 7) is 2.16. The van der Waals surface area contributed by atoms with Crippen LogP contribution in [0.5, 0.6) is 0 Å². The Morgan fingerprint density at radius 1 is 1.30 bits per heavy atom. The van der Waals surface area contributed by atoms with Crippen LogP contribution in [0.25, 0.3) is 0 Å². The predicted octanol–water partition coefficient (Wildman–Crippen LogP) is 2.76. The van der Waals surface area contributed by atoms with Gasteiger partial charge in [0, 0.05) is 0 Å². The molecule has 1 aromatic carbocycles. The van der Waals surface area contributed by atoms with Gasteiger partial charge in [0.15, 0.2) is 0 Å². The van der Waals surface area contributed by atoms with Crippen LogP contribution in [0.3, 0.4) is 0 Å². The van der Waals surface area contributed by atoms with E-state index in [1.807, 2.05) is 6.07 Å². The third-order valence-electron chi connectivity index (χ3n) is 1.38. The summed E-state index contributed by atoms with van der Waals surface area (Å²) in [5.41, 5.74) is 1.97. The molecule has 1 atom stereocenters. The van der Waals surface area contributed by atoms with Gasteiger partial charge >= 0.3 is 0 Å². The van der Waals surface area contributed by atoms with Crippen LogP contribution in [0.15, 0.2) is 30.3 Å². The van der Waals surface area contributed by atoms with E-state index in [-0.39, 0.29) is 0 Å². The highest BCUT2D eigenvalue weighted by Crippen LogP contribution is 2.08. The number of benzene rings is 1. The van der Waals surface area contributed by atoms with Crippen molar-refractivity contribution in [3.8, 4) is 0 Å². The molecule has 0 fully saturated rings. The normalized spacial score (nSPS) is 13.0. The first-order valence-electron chi connectivity index (χ1n) is 3.54. The second kappa shape index (κ2) is 3.73. The smallest absolute Gasteiger partial charge is 0.0188 e. The minimum atomic E-state index is 0.572. The molecule has 0 aliphatic carbocycles. The van der Waals surface area contributed by atoms with E-state index in [4.69, 9.17) is 0 Å². The average Bonchev–Trinajstić information content (AvgIpc) is 1.88. The third kappa shape index (κ3) is 2.49. The van der Waals surface area contributed by atoms with Gasteiger partial charge < -0.3 is 0 Å². The van der Waals surface area contributed by atoms with Crippen LogP contribution in [-0.2, 0) is 6.42 Å². The standard InChI is InChI=1S/C9H12P/c1-8(10)7-9-5-3-2-4-6-9/h2-6,8,10H,7H2,1H3. The highest BCUT2D eigenvalue weighted by Gasteiger charge is 1.94. The maximum atomic E-state index is 3.56. The lowest BCUT2D eigenvalue weighted by atomic mass is 10.1. The molecular weight excluding hydrogens is 139 g/mol. The van der Waals surface area contributed by atoms with Crippen molar-refractivity contribution in [2.75, 3.05) is 0 Å². The van der Waals surface area contributed by atoms with Crippen molar-refractivity contribution in [3.05, 3.63) is 35.9 Å². The molecule has 10 heavy (non-hydrogen) atoms. The fourth-order valence-corrected chi connectivity index (χ4v) is 1.20. The summed E-state index contributed by atoms with van der Waals surface area (Å²) in [6, 6.07) is 10.5. The van der Waals surface area contributed by atoms with E-state index in [9.17, 15) is 0 Å². The molecule has 1 unspecified atom stereocenters. The van der Waals surface area contributed by atoms with E-state index in [1.54, 1.807) is 0 Å². The summed E-state index contributed by atoms with van der Waals surface area (Å²) in [5, 5.41) is 0. The van der Waals surface area contributed by atoms with Gasteiger partial charge in [-0.1, -0.05) is 46.5 Å². The topological polar surface area (TPSA) is 0 Å². The zero-order valence-electron chi connectivity index (χ0n) is 6.17. The van der Waals surface area contributed by atoms with Crippen LogP contribution in [-0.4, -0.2) is 5.66 Å². The molecule has 0 saturated carbocycles. The Labute approximate surface area is 64.9 Å². The predicted molar refractivity (Wildman–Crippen MR) is 47.9 cm³/mol. The fraction of sp³-hybridized carbons (Fsp3) is 0.333. The Morgan fingerprint density at radius 2 is 1.90 bits per heavy atom. The van der Waals surface area contributed by atoms with Crippen molar-refractivity contribution < 1.29 is 0 Å². The molecule has 0 aromatic heterocycles. The summed E-state index contributed by atoms with van der Waals surface area (Å²) < 4.78 is 0. The quantitative estimate of drug-likeness (QED) is 0.570. The maximum Gasteiger partial charge on any atom is -0.0188 e. The van der Waals surface area contributed by atoms with E-state index in [1.165, 1.54) is 5.56 Å². The average molecular weight is 151 g/mol. The summed E-state index contributed by atoms with van der Waals surface area (Å²) >= 11 is 0. The fourth-order valence-electron chi connectivity index (χ4n) is 0.968. The lowest BCUT2D eigenvalue weighted by molar-refractivity contribution is 0.945. The first-order chi connectivity index (χ1) is 4.79. The third-order valence-corrected chi connectivity index (χ3v) is 1.59. The van der Waals surface area contributed by atoms with Crippen molar-refractivity contribution in [1.82, 2.24) is 0 Å². The molecule has 0 saturated heterocycles. The molecule has 1 radical (unpaired) electrons. The zero-order valence-corrected chi connectivity index (χ0v) is 7.17. The molecule has 0 amide bonds. The Hall–Kier alpha value is -0.350. The van der Waals surface area contributed by atoms with Gasteiger partial charge in [-0.3, -0.25) is 0 Å². The van der Waals surface area contributed by atoms with Gasteiger partial charge in [-0.15, -0.1) is 0 Å². The molecule has 0 aliphatic rings. The second-order valence-electron chi connectivity index (χ2n) is 2.59. The van der Waals surface area contributed by atoms with Crippen molar-refractivity contribution in [1.29, 1.82) is 0 Å². The SMILES string of the molecule is CC([PH])Cc1ccccc1. The van der Waals surface area contributed by atoms with E-state index in [0.29, 0.717) is 5.66 Å². The van der Waals surface area contributed by atoms with Crippen molar-refractivity contribution in [2.45, 2.75) is 19.0 Å². The van der Waals surface area contributed by atoms with Gasteiger partial charge in [0.1, 0.15) is 0 Å². The second-order valence-corrected chi connectivity index (χ2v) is 3.58. The minimum absolute atomic E-state index is 0.572. The number of rotatable bonds is 2. The largest absolute Gasteiger partial charge is 0.0957 e. The molecule has 0 spiro atoms. The van der Waals surface area contributed by atoms with Crippen LogP contribution in [0.4, 0.5) is 0 Å². The van der Waals surface area contributed by atoms with Gasteiger partial charge in [-0.05, 0) is 17.6 Å². The first-order valence-corrected chi connectivity index (χ1v) is 4.12. The highest BCUT2D eigenvalue weighted by atomic mass is 31.0. The molecule has 53 valence electrons. The Kier molecular flexibility index (Phi) is 2.89. The van der Waals surface area contributed by atoms with Gasteiger partial charge in [0.2, 0.25) is 0 Å². The van der Waals surface area contributed by atoms with Crippen LogP contribution in [0.2, 0.25) is 0 Å². The van der Waals surface area contributed by atoms with E-state index >= 15 is 0 Å². The van der Waals surface area contributed by atoms with Crippen LogP contribution < -0.4 is 0 Å². The van der Waals surface area contributed by atoms with Crippen molar-refractivity contribution in [2.24, 2.45) is 0 Å². The minimum Gasteiger partial charge on any atom is -0.0957 e. The summed E-state index contributed by atoms with van der Waals surface area (Å²) in [6.07, 6.45) is 1.11. The Balaban J connectivity index is 2.59. The number of hydrogen-bond acceptors (Lipinski definition) is 0. The monoisotopic (exact) mass is 151 g/mol. The van der Waals surface area contributed by atoms with Gasteiger partial charge in [-0.25, -0.2) is 0 Å². The molecular formula is C9H12P. The first kappa shape index (κ1) is 7.75. The van der Waals surface area contributed by atoms with Crippen molar-refractivity contribution >= 4 is 9.24 Å².